The average Bonchev–Trinajstić information content (AvgIpc) is 3.59. The number of nitro groups is 1. The number of nitro benzene ring substituents is 1. The van der Waals surface area contributed by atoms with E-state index in [0.717, 1.165) is 75.3 Å². The van der Waals surface area contributed by atoms with Crippen molar-refractivity contribution >= 4 is 44.8 Å². The fraction of sp³-hybridized carbons (Fsp3) is 0.500. The third-order valence-electron chi connectivity index (χ3n) is 10.9. The van der Waals surface area contributed by atoms with Crippen LogP contribution in [0.4, 0.5) is 17.1 Å². The summed E-state index contributed by atoms with van der Waals surface area (Å²) in [5.41, 5.74) is 1.61. The van der Waals surface area contributed by atoms with Gasteiger partial charge < -0.3 is 20.0 Å². The first-order chi connectivity index (χ1) is 24.6. The van der Waals surface area contributed by atoms with Crippen molar-refractivity contribution in [1.82, 2.24) is 14.5 Å². The van der Waals surface area contributed by atoms with Gasteiger partial charge in [0.2, 0.25) is 0 Å². The molecule has 2 aliphatic heterocycles. The zero-order chi connectivity index (χ0) is 35.8. The molecule has 0 radical (unpaired) electrons. The first-order valence-corrected chi connectivity index (χ1v) is 20.6. The van der Waals surface area contributed by atoms with Gasteiger partial charge in [-0.1, -0.05) is 31.0 Å². The van der Waals surface area contributed by atoms with Crippen molar-refractivity contribution in [3.63, 3.8) is 0 Å². The van der Waals surface area contributed by atoms with Crippen LogP contribution in [0.5, 0.6) is 0 Å². The van der Waals surface area contributed by atoms with Crippen LogP contribution in [0.3, 0.4) is 0 Å². The smallest absolute Gasteiger partial charge is 0.293 e. The Morgan fingerprint density at radius 2 is 1.61 bits per heavy atom. The number of nitrogens with zero attached hydrogens (tertiary/aromatic N) is 4. The minimum absolute atomic E-state index is 0.0970. The van der Waals surface area contributed by atoms with Crippen LogP contribution in [0.25, 0.3) is 0 Å². The molecule has 51 heavy (non-hydrogen) atoms. The highest BCUT2D eigenvalue weighted by Gasteiger charge is 2.37. The quantitative estimate of drug-likeness (QED) is 0.108. The molecule has 3 fully saturated rings. The number of anilines is 2. The minimum Gasteiger partial charge on any atom is -0.376 e. The molecular weight excluding hydrogens is 685 g/mol. The fourth-order valence-corrected chi connectivity index (χ4v) is 9.63. The number of rotatable bonds is 14. The standard InChI is InChI=1S/C38H50N6O5S2/c1-41-24-26-42(27-25-41)21-7-8-31(29-50-33-9-3-2-4-10-33)39-35-16-15-34(28-36(35)44(46)47)51(48,49)40-37(45)30-11-13-32(14-12-30)43-22-19-38(20-23-43)17-5-6-18-38/h2-4,9-16,28,31,39H,5-8,17-27,29H2,1H3,(H,40,45)/t31-/m1/s1. The van der Waals surface area contributed by atoms with E-state index < -0.39 is 20.9 Å². The highest BCUT2D eigenvalue weighted by molar-refractivity contribution is 7.99. The van der Waals surface area contributed by atoms with Gasteiger partial charge in [0.1, 0.15) is 5.69 Å². The summed E-state index contributed by atoms with van der Waals surface area (Å²) >= 11 is 1.67. The van der Waals surface area contributed by atoms with Gasteiger partial charge in [-0.25, -0.2) is 13.1 Å². The van der Waals surface area contributed by atoms with E-state index in [1.807, 2.05) is 42.5 Å². The van der Waals surface area contributed by atoms with Crippen LogP contribution in [0, 0.1) is 15.5 Å². The molecule has 2 N–H and O–H groups in total. The lowest BCUT2D eigenvalue weighted by molar-refractivity contribution is -0.384. The lowest BCUT2D eigenvalue weighted by atomic mass is 9.77. The summed E-state index contributed by atoms with van der Waals surface area (Å²) in [5.74, 6) is -0.106. The van der Waals surface area contributed by atoms with E-state index in [1.54, 1.807) is 23.9 Å². The largest absolute Gasteiger partial charge is 0.376 e. The monoisotopic (exact) mass is 734 g/mol. The van der Waals surface area contributed by atoms with Gasteiger partial charge in [0.05, 0.1) is 9.82 Å². The third-order valence-corrected chi connectivity index (χ3v) is 13.4. The zero-order valence-corrected chi connectivity index (χ0v) is 31.1. The Bertz CT molecular complexity index is 1730. The van der Waals surface area contributed by atoms with E-state index in [-0.39, 0.29) is 27.9 Å². The van der Waals surface area contributed by atoms with Crippen molar-refractivity contribution < 1.29 is 18.1 Å². The molecule has 0 unspecified atom stereocenters. The van der Waals surface area contributed by atoms with Crippen molar-refractivity contribution in [2.45, 2.75) is 67.2 Å². The Morgan fingerprint density at radius 1 is 0.922 bits per heavy atom. The highest BCUT2D eigenvalue weighted by Crippen LogP contribution is 2.46. The SMILES string of the molecule is CN1CCN(CCC[C@H](CSc2ccccc2)Nc2ccc(S(=O)(=O)NC(=O)c3ccc(N4CCC5(CCCC5)CC4)cc3)cc2[N+](=O)[O-])CC1. The topological polar surface area (TPSA) is 128 Å². The van der Waals surface area contributed by atoms with Crippen LogP contribution in [0.15, 0.2) is 82.6 Å². The third kappa shape index (κ3) is 9.82. The van der Waals surface area contributed by atoms with Crippen LogP contribution >= 0.6 is 11.8 Å². The summed E-state index contributed by atoms with van der Waals surface area (Å²) in [4.78, 5) is 32.6. The summed E-state index contributed by atoms with van der Waals surface area (Å²) < 4.78 is 28.8. The van der Waals surface area contributed by atoms with Crippen molar-refractivity contribution in [2.24, 2.45) is 5.41 Å². The van der Waals surface area contributed by atoms with E-state index in [1.165, 1.54) is 50.7 Å². The lowest BCUT2D eigenvalue weighted by Gasteiger charge is -2.40. The molecule has 1 aliphatic carbocycles. The molecule has 274 valence electrons. The van der Waals surface area contributed by atoms with Gasteiger partial charge in [0.15, 0.2) is 0 Å². The van der Waals surface area contributed by atoms with Crippen LogP contribution in [-0.4, -0.2) is 93.7 Å². The second-order valence-electron chi connectivity index (χ2n) is 14.4. The Labute approximate surface area is 306 Å². The summed E-state index contributed by atoms with van der Waals surface area (Å²) in [6, 6.07) is 20.7. The summed E-state index contributed by atoms with van der Waals surface area (Å²) in [6.07, 6.45) is 9.36. The molecule has 13 heteroatoms. The lowest BCUT2D eigenvalue weighted by Crippen LogP contribution is -2.44. The molecule has 2 saturated heterocycles. The highest BCUT2D eigenvalue weighted by atomic mass is 32.2. The zero-order valence-electron chi connectivity index (χ0n) is 29.5. The van der Waals surface area contributed by atoms with Crippen LogP contribution in [-0.2, 0) is 10.0 Å². The minimum atomic E-state index is -4.38. The number of nitrogens with one attached hydrogen (secondary N) is 2. The molecule has 0 aromatic heterocycles. The molecule has 1 spiro atoms. The van der Waals surface area contributed by atoms with Crippen LogP contribution < -0.4 is 14.9 Å². The number of likely N-dealkylation sites (N-methyl/N-ethyl adjacent to an activating group) is 1. The van der Waals surface area contributed by atoms with Gasteiger partial charge >= 0.3 is 0 Å². The first-order valence-electron chi connectivity index (χ1n) is 18.2. The number of sulfonamides is 1. The number of piperazine rings is 1. The van der Waals surface area contributed by atoms with Gasteiger partial charge in [0, 0.05) is 73.3 Å². The maximum absolute atomic E-state index is 13.3. The van der Waals surface area contributed by atoms with E-state index in [9.17, 15) is 23.3 Å². The molecule has 11 nitrogen and oxygen atoms in total. The number of piperidine rings is 1. The summed E-state index contributed by atoms with van der Waals surface area (Å²) in [6.45, 7) is 7.03. The number of carbonyl (C=O) groups is 1. The van der Waals surface area contributed by atoms with Gasteiger partial charge in [-0.2, -0.15) is 0 Å². The fourth-order valence-electron chi connectivity index (χ4n) is 7.64. The Kier molecular flexibility index (Phi) is 12.2. The van der Waals surface area contributed by atoms with Gasteiger partial charge in [-0.3, -0.25) is 14.9 Å². The number of hydrogen-bond donors (Lipinski definition) is 2. The molecule has 1 amide bonds. The normalized spacial score (nSPS) is 18.8. The Balaban J connectivity index is 1.09. The van der Waals surface area contributed by atoms with Gasteiger partial charge in [-0.05, 0) is 106 Å². The van der Waals surface area contributed by atoms with Crippen LogP contribution in [0.1, 0.15) is 61.7 Å². The number of hydrogen-bond acceptors (Lipinski definition) is 10. The summed E-state index contributed by atoms with van der Waals surface area (Å²) in [7, 11) is -2.25. The van der Waals surface area contributed by atoms with E-state index in [4.69, 9.17) is 0 Å². The summed E-state index contributed by atoms with van der Waals surface area (Å²) in [5, 5.41) is 15.6. The second kappa shape index (κ2) is 16.8. The molecule has 1 saturated carbocycles. The molecule has 0 bridgehead atoms. The second-order valence-corrected chi connectivity index (χ2v) is 17.1. The van der Waals surface area contributed by atoms with E-state index in [0.29, 0.717) is 11.2 Å². The van der Waals surface area contributed by atoms with Crippen molar-refractivity contribution in [3.8, 4) is 0 Å². The van der Waals surface area contributed by atoms with Gasteiger partial charge in [0.25, 0.3) is 21.6 Å². The Hall–Kier alpha value is -3.65. The maximum Gasteiger partial charge on any atom is 0.293 e. The van der Waals surface area contributed by atoms with Crippen molar-refractivity contribution in [3.05, 3.63) is 88.5 Å². The molecule has 3 aromatic carbocycles. The van der Waals surface area contributed by atoms with Crippen molar-refractivity contribution in [2.75, 3.05) is 68.8 Å². The molecule has 2 heterocycles. The predicted molar refractivity (Wildman–Crippen MR) is 204 cm³/mol. The van der Waals surface area contributed by atoms with E-state index >= 15 is 0 Å². The predicted octanol–water partition coefficient (Wildman–Crippen LogP) is 6.47. The molecule has 1 atom stereocenters. The first kappa shape index (κ1) is 37.1. The number of carbonyl (C=O) groups excluding carboxylic acids is 1. The van der Waals surface area contributed by atoms with Crippen molar-refractivity contribution in [1.29, 1.82) is 0 Å². The van der Waals surface area contributed by atoms with E-state index in [2.05, 4.69) is 31.8 Å². The molecule has 3 aliphatic rings. The molecular formula is C38H50N6O5S2. The molecule has 3 aromatic rings. The Morgan fingerprint density at radius 3 is 2.27 bits per heavy atom. The number of benzene rings is 3. The number of thioether (sulfide) groups is 1. The van der Waals surface area contributed by atoms with Gasteiger partial charge in [-0.15, -0.1) is 11.8 Å². The van der Waals surface area contributed by atoms with Crippen LogP contribution in [0.2, 0.25) is 0 Å². The maximum atomic E-state index is 13.3. The molecule has 6 rings (SSSR count). The number of amides is 1. The average molecular weight is 735 g/mol.